The maximum atomic E-state index is 6.02. The summed E-state index contributed by atoms with van der Waals surface area (Å²) < 4.78 is 7.99. The lowest BCUT2D eigenvalue weighted by Gasteiger charge is -2.28. The predicted molar refractivity (Wildman–Crippen MR) is 79.4 cm³/mol. The topological polar surface area (TPSA) is 52.0 Å². The molecule has 1 fully saturated rings. The van der Waals surface area contributed by atoms with Crippen LogP contribution in [-0.2, 0) is 17.9 Å². The van der Waals surface area contributed by atoms with Crippen LogP contribution in [0.2, 0.25) is 0 Å². The summed E-state index contributed by atoms with van der Waals surface area (Å²) in [5.41, 5.74) is 0. The van der Waals surface area contributed by atoms with E-state index in [1.807, 2.05) is 4.68 Å². The van der Waals surface area contributed by atoms with Gasteiger partial charge >= 0.3 is 0 Å². The van der Waals surface area contributed by atoms with Gasteiger partial charge in [-0.3, -0.25) is 0 Å². The molecule has 1 heterocycles. The first kappa shape index (κ1) is 15.4. The van der Waals surface area contributed by atoms with E-state index < -0.39 is 0 Å². The summed E-state index contributed by atoms with van der Waals surface area (Å²) in [6.07, 6.45) is 6.75. The molecule has 114 valence electrons. The fraction of sp³-hybridized carbons (Fsp3) is 0.867. The average molecular weight is 280 g/mol. The van der Waals surface area contributed by atoms with Crippen LogP contribution in [0.5, 0.6) is 0 Å². The van der Waals surface area contributed by atoms with Gasteiger partial charge in [0.25, 0.3) is 0 Å². The Kier molecular flexibility index (Phi) is 5.98. The van der Waals surface area contributed by atoms with Crippen molar-refractivity contribution in [1.82, 2.24) is 20.1 Å². The van der Waals surface area contributed by atoms with E-state index in [1.165, 1.54) is 12.8 Å². The van der Waals surface area contributed by atoms with Gasteiger partial charge < -0.3 is 10.1 Å². The van der Waals surface area contributed by atoms with Crippen molar-refractivity contribution in [1.29, 1.82) is 0 Å². The molecule has 5 heteroatoms. The van der Waals surface area contributed by atoms with Crippen molar-refractivity contribution in [2.75, 3.05) is 6.54 Å². The summed E-state index contributed by atoms with van der Waals surface area (Å²) in [5, 5.41) is 7.80. The molecule has 20 heavy (non-hydrogen) atoms. The summed E-state index contributed by atoms with van der Waals surface area (Å²) >= 11 is 0. The fourth-order valence-corrected chi connectivity index (χ4v) is 2.81. The van der Waals surface area contributed by atoms with Gasteiger partial charge in [-0.2, -0.15) is 5.10 Å². The van der Waals surface area contributed by atoms with Crippen LogP contribution in [0.15, 0.2) is 6.33 Å². The van der Waals surface area contributed by atoms with Crippen molar-refractivity contribution in [3.05, 3.63) is 12.2 Å². The number of hydrogen-bond acceptors (Lipinski definition) is 4. The smallest absolute Gasteiger partial charge is 0.152 e. The first-order valence-electron chi connectivity index (χ1n) is 7.90. The Labute approximate surface area is 122 Å². The van der Waals surface area contributed by atoms with Gasteiger partial charge in [0.2, 0.25) is 0 Å². The lowest BCUT2D eigenvalue weighted by Crippen LogP contribution is -2.35. The van der Waals surface area contributed by atoms with E-state index in [-0.39, 0.29) is 0 Å². The molecule has 0 saturated heterocycles. The van der Waals surface area contributed by atoms with Crippen LogP contribution in [0.25, 0.3) is 0 Å². The highest BCUT2D eigenvalue weighted by atomic mass is 16.5. The maximum absolute atomic E-state index is 6.02. The van der Waals surface area contributed by atoms with Gasteiger partial charge in [0.1, 0.15) is 12.9 Å². The highest BCUT2D eigenvalue weighted by molar-refractivity contribution is 4.83. The summed E-state index contributed by atoms with van der Waals surface area (Å²) in [4.78, 5) is 4.31. The molecule has 2 rings (SSSR count). The van der Waals surface area contributed by atoms with Gasteiger partial charge in [-0.1, -0.05) is 20.8 Å². The van der Waals surface area contributed by atoms with Crippen LogP contribution in [0.3, 0.4) is 0 Å². The van der Waals surface area contributed by atoms with E-state index in [0.717, 1.165) is 31.8 Å². The lowest BCUT2D eigenvalue weighted by molar-refractivity contribution is 0.00647. The Balaban J connectivity index is 1.75. The Morgan fingerprint density at radius 1 is 1.35 bits per heavy atom. The number of nitrogens with one attached hydrogen (secondary N) is 1. The predicted octanol–water partition coefficient (Wildman–Crippen LogP) is 2.37. The number of rotatable bonds is 7. The zero-order valence-corrected chi connectivity index (χ0v) is 13.0. The van der Waals surface area contributed by atoms with E-state index in [4.69, 9.17) is 4.74 Å². The largest absolute Gasteiger partial charge is 0.370 e. The van der Waals surface area contributed by atoms with Crippen LogP contribution in [-0.4, -0.2) is 33.5 Å². The SMILES string of the molecule is CCNC1CCC(OCc2ncnn2CC(C)C)CC1. The quantitative estimate of drug-likeness (QED) is 0.833. The molecule has 0 amide bonds. The molecule has 0 bridgehead atoms. The first-order chi connectivity index (χ1) is 9.69. The molecule has 1 aromatic rings. The van der Waals surface area contributed by atoms with E-state index in [1.54, 1.807) is 6.33 Å². The molecule has 0 atom stereocenters. The molecule has 0 aliphatic heterocycles. The highest BCUT2D eigenvalue weighted by Crippen LogP contribution is 2.22. The van der Waals surface area contributed by atoms with Gasteiger partial charge in [0, 0.05) is 12.6 Å². The van der Waals surface area contributed by atoms with Crippen LogP contribution in [0.4, 0.5) is 0 Å². The maximum Gasteiger partial charge on any atom is 0.152 e. The minimum absolute atomic E-state index is 0.383. The summed E-state index contributed by atoms with van der Waals surface area (Å²) in [6, 6.07) is 0.685. The van der Waals surface area contributed by atoms with Gasteiger partial charge in [-0.05, 0) is 38.1 Å². The van der Waals surface area contributed by atoms with Gasteiger partial charge in [-0.25, -0.2) is 9.67 Å². The summed E-state index contributed by atoms with van der Waals surface area (Å²) in [7, 11) is 0. The minimum Gasteiger partial charge on any atom is -0.370 e. The number of ether oxygens (including phenoxy) is 1. The second kappa shape index (κ2) is 7.74. The van der Waals surface area contributed by atoms with Crippen molar-refractivity contribution < 1.29 is 4.74 Å². The molecule has 0 unspecified atom stereocenters. The number of hydrogen-bond donors (Lipinski definition) is 1. The second-order valence-electron chi connectivity index (χ2n) is 6.09. The van der Waals surface area contributed by atoms with Crippen molar-refractivity contribution in [3.63, 3.8) is 0 Å². The normalized spacial score (nSPS) is 23.4. The van der Waals surface area contributed by atoms with E-state index in [0.29, 0.717) is 24.7 Å². The summed E-state index contributed by atoms with van der Waals surface area (Å²) in [5.74, 6) is 1.53. The van der Waals surface area contributed by atoms with Crippen molar-refractivity contribution >= 4 is 0 Å². The second-order valence-corrected chi connectivity index (χ2v) is 6.09. The molecule has 0 spiro atoms. The van der Waals surface area contributed by atoms with Gasteiger partial charge in [-0.15, -0.1) is 0 Å². The fourth-order valence-electron chi connectivity index (χ4n) is 2.81. The summed E-state index contributed by atoms with van der Waals surface area (Å²) in [6.45, 7) is 9.11. The van der Waals surface area contributed by atoms with Gasteiger partial charge in [0.15, 0.2) is 5.82 Å². The molecule has 1 N–H and O–H groups in total. The Bertz CT molecular complexity index is 383. The number of nitrogens with zero attached hydrogens (tertiary/aromatic N) is 3. The van der Waals surface area contributed by atoms with E-state index in [2.05, 4.69) is 36.2 Å². The molecule has 1 saturated carbocycles. The minimum atomic E-state index is 0.383. The third-order valence-corrected chi connectivity index (χ3v) is 3.85. The molecule has 1 aliphatic rings. The van der Waals surface area contributed by atoms with Gasteiger partial charge in [0.05, 0.1) is 6.10 Å². The molecular formula is C15H28N4O. The molecule has 5 nitrogen and oxygen atoms in total. The molecule has 1 aromatic heterocycles. The Hall–Kier alpha value is -0.940. The van der Waals surface area contributed by atoms with Crippen molar-refractivity contribution in [3.8, 4) is 0 Å². The van der Waals surface area contributed by atoms with Crippen LogP contribution in [0, 0.1) is 5.92 Å². The third-order valence-electron chi connectivity index (χ3n) is 3.85. The molecule has 0 aromatic carbocycles. The Morgan fingerprint density at radius 3 is 2.75 bits per heavy atom. The average Bonchev–Trinajstić information content (AvgIpc) is 2.85. The van der Waals surface area contributed by atoms with E-state index >= 15 is 0 Å². The Morgan fingerprint density at radius 2 is 2.10 bits per heavy atom. The van der Waals surface area contributed by atoms with Crippen molar-refractivity contribution in [2.45, 2.75) is 71.8 Å². The van der Waals surface area contributed by atoms with Crippen LogP contribution < -0.4 is 5.32 Å². The standard InChI is InChI=1S/C15H28N4O/c1-4-16-13-5-7-14(8-6-13)20-10-15-17-11-18-19(15)9-12(2)3/h11-14,16H,4-10H2,1-3H3. The lowest BCUT2D eigenvalue weighted by atomic mass is 9.93. The zero-order valence-electron chi connectivity index (χ0n) is 13.0. The highest BCUT2D eigenvalue weighted by Gasteiger charge is 2.21. The van der Waals surface area contributed by atoms with Crippen LogP contribution in [0.1, 0.15) is 52.3 Å². The zero-order chi connectivity index (χ0) is 14.4. The molecule has 0 radical (unpaired) electrons. The number of aromatic nitrogens is 3. The third kappa shape index (κ3) is 4.56. The van der Waals surface area contributed by atoms with Crippen LogP contribution >= 0.6 is 0 Å². The molecule has 1 aliphatic carbocycles. The van der Waals surface area contributed by atoms with E-state index in [9.17, 15) is 0 Å². The monoisotopic (exact) mass is 280 g/mol. The van der Waals surface area contributed by atoms with Crippen molar-refractivity contribution in [2.24, 2.45) is 5.92 Å². The molecular weight excluding hydrogens is 252 g/mol. The first-order valence-corrected chi connectivity index (χ1v) is 7.90.